The van der Waals surface area contributed by atoms with Crippen LogP contribution in [0.25, 0.3) is 0 Å². The van der Waals surface area contributed by atoms with E-state index < -0.39 is 0 Å². The van der Waals surface area contributed by atoms with Crippen molar-refractivity contribution in [2.24, 2.45) is 23.7 Å². The number of rotatable bonds is 5. The van der Waals surface area contributed by atoms with Crippen LogP contribution < -0.4 is 0 Å². The number of hydrogen-bond donors (Lipinski definition) is 0. The van der Waals surface area contributed by atoms with Crippen LogP contribution in [0, 0.1) is 23.7 Å². The van der Waals surface area contributed by atoms with Gasteiger partial charge in [0, 0.05) is 5.88 Å². The van der Waals surface area contributed by atoms with Crippen LogP contribution in [0.2, 0.25) is 0 Å². The molecule has 0 amide bonds. The van der Waals surface area contributed by atoms with Gasteiger partial charge in [-0.3, -0.25) is 0 Å². The maximum absolute atomic E-state index is 5.95. The van der Waals surface area contributed by atoms with Gasteiger partial charge in [0.15, 0.2) is 0 Å². The molecule has 0 aromatic rings. The Balaban J connectivity index is 3.96. The third kappa shape index (κ3) is 4.35. The number of halogens is 1. The van der Waals surface area contributed by atoms with E-state index in [1.54, 1.807) is 0 Å². The zero-order valence-electron chi connectivity index (χ0n) is 9.10. The highest BCUT2D eigenvalue weighted by Crippen LogP contribution is 2.27. The first-order chi connectivity index (χ1) is 5.49. The van der Waals surface area contributed by atoms with Gasteiger partial charge in [0.1, 0.15) is 0 Å². The second-order valence-electron chi connectivity index (χ2n) is 4.65. The van der Waals surface area contributed by atoms with Crippen LogP contribution in [0.4, 0.5) is 0 Å². The van der Waals surface area contributed by atoms with Crippen LogP contribution >= 0.6 is 11.6 Å². The van der Waals surface area contributed by atoms with Gasteiger partial charge in [-0.25, -0.2) is 0 Å². The lowest BCUT2D eigenvalue weighted by Crippen LogP contribution is -2.20. The maximum Gasteiger partial charge on any atom is 0.0254 e. The van der Waals surface area contributed by atoms with Crippen molar-refractivity contribution in [2.45, 2.75) is 41.0 Å². The molecule has 0 nitrogen and oxygen atoms in total. The quantitative estimate of drug-likeness (QED) is 0.571. The highest BCUT2D eigenvalue weighted by atomic mass is 35.5. The summed E-state index contributed by atoms with van der Waals surface area (Å²) in [5, 5.41) is 0. The summed E-state index contributed by atoms with van der Waals surface area (Å²) < 4.78 is 0. The second kappa shape index (κ2) is 5.85. The van der Waals surface area contributed by atoms with Crippen molar-refractivity contribution < 1.29 is 0 Å². The Labute approximate surface area is 82.7 Å². The molecule has 0 bridgehead atoms. The van der Waals surface area contributed by atoms with E-state index in [-0.39, 0.29) is 0 Å². The van der Waals surface area contributed by atoms with E-state index in [1.807, 2.05) is 0 Å². The molecule has 0 rings (SSSR count). The van der Waals surface area contributed by atoms with Gasteiger partial charge in [-0.1, -0.05) is 34.6 Å². The Hall–Kier alpha value is 0.290. The Kier molecular flexibility index (Phi) is 6.00. The van der Waals surface area contributed by atoms with E-state index in [9.17, 15) is 0 Å². The number of hydrogen-bond acceptors (Lipinski definition) is 0. The van der Waals surface area contributed by atoms with Crippen LogP contribution in [-0.4, -0.2) is 5.88 Å². The van der Waals surface area contributed by atoms with Gasteiger partial charge in [0.25, 0.3) is 0 Å². The SMILES string of the molecule is CC(C)CC(CCl)C(C)C(C)C. The van der Waals surface area contributed by atoms with Crippen molar-refractivity contribution >= 4 is 11.6 Å². The highest BCUT2D eigenvalue weighted by molar-refractivity contribution is 6.18. The molecule has 2 atom stereocenters. The Morgan fingerprint density at radius 2 is 1.50 bits per heavy atom. The van der Waals surface area contributed by atoms with E-state index in [0.29, 0.717) is 5.92 Å². The summed E-state index contributed by atoms with van der Waals surface area (Å²) in [6.45, 7) is 11.4. The van der Waals surface area contributed by atoms with Gasteiger partial charge in [-0.15, -0.1) is 11.6 Å². The minimum atomic E-state index is 0.701. The molecule has 12 heavy (non-hydrogen) atoms. The van der Waals surface area contributed by atoms with E-state index >= 15 is 0 Å². The average molecular weight is 191 g/mol. The van der Waals surface area contributed by atoms with Crippen molar-refractivity contribution in [3.63, 3.8) is 0 Å². The summed E-state index contributed by atoms with van der Waals surface area (Å²) in [6, 6.07) is 0. The Morgan fingerprint density at radius 1 is 1.00 bits per heavy atom. The third-order valence-electron chi connectivity index (χ3n) is 2.77. The van der Waals surface area contributed by atoms with Crippen molar-refractivity contribution in [2.75, 3.05) is 5.88 Å². The maximum atomic E-state index is 5.95. The summed E-state index contributed by atoms with van der Waals surface area (Å²) in [5.41, 5.74) is 0. The first kappa shape index (κ1) is 12.3. The summed E-state index contributed by atoms with van der Waals surface area (Å²) in [5.74, 6) is 3.80. The molecule has 0 aromatic carbocycles. The molecule has 0 heterocycles. The lowest BCUT2D eigenvalue weighted by atomic mass is 9.81. The van der Waals surface area contributed by atoms with E-state index in [4.69, 9.17) is 11.6 Å². The van der Waals surface area contributed by atoms with Gasteiger partial charge < -0.3 is 0 Å². The third-order valence-corrected chi connectivity index (χ3v) is 3.16. The zero-order chi connectivity index (χ0) is 9.72. The molecule has 0 fully saturated rings. The van der Waals surface area contributed by atoms with Crippen LogP contribution in [0.15, 0.2) is 0 Å². The molecule has 0 radical (unpaired) electrons. The molecular weight excluding hydrogens is 168 g/mol. The van der Waals surface area contributed by atoms with E-state index in [1.165, 1.54) is 6.42 Å². The molecule has 74 valence electrons. The van der Waals surface area contributed by atoms with Gasteiger partial charge in [0.05, 0.1) is 0 Å². The standard InChI is InChI=1S/C11H23Cl/c1-8(2)6-11(7-12)10(5)9(3)4/h8-11H,6-7H2,1-5H3. The minimum Gasteiger partial charge on any atom is -0.126 e. The Morgan fingerprint density at radius 3 is 1.75 bits per heavy atom. The van der Waals surface area contributed by atoms with Crippen LogP contribution in [-0.2, 0) is 0 Å². The second-order valence-corrected chi connectivity index (χ2v) is 4.96. The zero-order valence-corrected chi connectivity index (χ0v) is 9.86. The normalized spacial score (nSPS) is 17.0. The van der Waals surface area contributed by atoms with Crippen LogP contribution in [0.1, 0.15) is 41.0 Å². The van der Waals surface area contributed by atoms with Crippen molar-refractivity contribution in [3.8, 4) is 0 Å². The van der Waals surface area contributed by atoms with Crippen LogP contribution in [0.5, 0.6) is 0 Å². The fourth-order valence-electron chi connectivity index (χ4n) is 1.57. The van der Waals surface area contributed by atoms with Crippen molar-refractivity contribution in [1.29, 1.82) is 0 Å². The van der Waals surface area contributed by atoms with Crippen molar-refractivity contribution in [1.82, 2.24) is 0 Å². The molecule has 0 aromatic heterocycles. The average Bonchev–Trinajstić information content (AvgIpc) is 1.98. The smallest absolute Gasteiger partial charge is 0.0254 e. The molecule has 0 N–H and O–H groups in total. The lowest BCUT2D eigenvalue weighted by molar-refractivity contribution is 0.261. The van der Waals surface area contributed by atoms with Crippen LogP contribution in [0.3, 0.4) is 0 Å². The molecule has 0 saturated carbocycles. The van der Waals surface area contributed by atoms with Gasteiger partial charge in [0.2, 0.25) is 0 Å². The summed E-state index contributed by atoms with van der Waals surface area (Å²) in [7, 11) is 0. The molecule has 0 aliphatic rings. The van der Waals surface area contributed by atoms with Gasteiger partial charge in [-0.2, -0.15) is 0 Å². The first-order valence-corrected chi connectivity index (χ1v) is 5.58. The molecule has 0 aliphatic heterocycles. The first-order valence-electron chi connectivity index (χ1n) is 5.05. The predicted molar refractivity (Wildman–Crippen MR) is 57.7 cm³/mol. The molecule has 2 unspecified atom stereocenters. The highest BCUT2D eigenvalue weighted by Gasteiger charge is 2.19. The summed E-state index contributed by atoms with van der Waals surface area (Å²) >= 11 is 5.95. The predicted octanol–water partition coefficient (Wildman–Crippen LogP) is 4.18. The van der Waals surface area contributed by atoms with Gasteiger partial charge >= 0.3 is 0 Å². The van der Waals surface area contributed by atoms with E-state index in [0.717, 1.165) is 23.6 Å². The fraction of sp³-hybridized carbons (Fsp3) is 1.00. The van der Waals surface area contributed by atoms with Crippen molar-refractivity contribution in [3.05, 3.63) is 0 Å². The topological polar surface area (TPSA) is 0 Å². The summed E-state index contributed by atoms with van der Waals surface area (Å²) in [6.07, 6.45) is 1.27. The molecule has 1 heteroatoms. The Bertz CT molecular complexity index is 108. The molecule has 0 spiro atoms. The monoisotopic (exact) mass is 190 g/mol. The lowest BCUT2D eigenvalue weighted by Gasteiger charge is -2.26. The number of alkyl halides is 1. The minimum absolute atomic E-state index is 0.701. The summed E-state index contributed by atoms with van der Waals surface area (Å²) in [4.78, 5) is 0. The molecular formula is C11H23Cl. The molecule has 0 aliphatic carbocycles. The van der Waals surface area contributed by atoms with Gasteiger partial charge in [-0.05, 0) is 30.1 Å². The van der Waals surface area contributed by atoms with E-state index in [2.05, 4.69) is 34.6 Å². The molecule has 0 saturated heterocycles. The fourth-order valence-corrected chi connectivity index (χ4v) is 1.98. The largest absolute Gasteiger partial charge is 0.126 e.